The van der Waals surface area contributed by atoms with Crippen LogP contribution in [0.3, 0.4) is 0 Å². The fourth-order valence-electron chi connectivity index (χ4n) is 2.58. The summed E-state index contributed by atoms with van der Waals surface area (Å²) in [5.41, 5.74) is 1.75. The Labute approximate surface area is 117 Å². The third-order valence-electron chi connectivity index (χ3n) is 3.45. The number of para-hydroxylation sites is 1. The van der Waals surface area contributed by atoms with Crippen LogP contribution in [0.2, 0.25) is 0 Å². The van der Waals surface area contributed by atoms with Crippen LogP contribution < -0.4 is 0 Å². The maximum atomic E-state index is 9.78. The zero-order valence-corrected chi connectivity index (χ0v) is 11.4. The molecule has 0 aliphatic heterocycles. The molecule has 2 nitrogen and oxygen atoms in total. The number of halogens is 1. The van der Waals surface area contributed by atoms with Crippen LogP contribution in [0.5, 0.6) is 5.75 Å². The lowest BCUT2D eigenvalue weighted by atomic mass is 10.0. The van der Waals surface area contributed by atoms with Crippen molar-refractivity contribution in [3.8, 4) is 5.75 Å². The molecule has 0 spiro atoms. The van der Waals surface area contributed by atoms with Crippen molar-refractivity contribution in [2.24, 2.45) is 0 Å². The van der Waals surface area contributed by atoms with E-state index in [1.54, 1.807) is 6.07 Å². The number of hydrogen-bond donors (Lipinski definition) is 1. The number of aromatic hydroxyl groups is 1. The zero-order valence-electron chi connectivity index (χ0n) is 9.85. The highest BCUT2D eigenvalue weighted by Crippen LogP contribution is 2.39. The molecular weight excluding hydrogens is 304 g/mol. The number of phenols is 1. The van der Waals surface area contributed by atoms with E-state index in [1.165, 1.54) is 0 Å². The normalized spacial score (nSPS) is 11.6. The Balaban J connectivity index is 2.33. The third kappa shape index (κ3) is 1.42. The Morgan fingerprint density at radius 2 is 1.58 bits per heavy atom. The lowest BCUT2D eigenvalue weighted by molar-refractivity contribution is 0.473. The molecule has 0 radical (unpaired) electrons. The monoisotopic (exact) mass is 312 g/mol. The average molecular weight is 313 g/mol. The molecule has 3 heteroatoms. The Bertz CT molecular complexity index is 938. The third-order valence-corrected chi connectivity index (χ3v) is 4.29. The van der Waals surface area contributed by atoms with Gasteiger partial charge in [-0.25, -0.2) is 0 Å². The Hall–Kier alpha value is -2.00. The van der Waals surface area contributed by atoms with Gasteiger partial charge in [-0.15, -0.1) is 0 Å². The Morgan fingerprint density at radius 1 is 0.789 bits per heavy atom. The van der Waals surface area contributed by atoms with E-state index in [4.69, 9.17) is 4.42 Å². The minimum absolute atomic E-state index is 0.250. The summed E-state index contributed by atoms with van der Waals surface area (Å²) in [5, 5.41) is 14.0. The first-order valence-electron chi connectivity index (χ1n) is 5.97. The fraction of sp³-hybridized carbons (Fsp3) is 0. The standard InChI is InChI=1S/C16H9BrO2/c17-16-10-6-8-14-15(9(10)5-7-12(16)18)11-3-1-2-4-13(11)19-14/h1-8,18H. The summed E-state index contributed by atoms with van der Waals surface area (Å²) in [6.45, 7) is 0. The van der Waals surface area contributed by atoms with Gasteiger partial charge < -0.3 is 9.52 Å². The van der Waals surface area contributed by atoms with Crippen molar-refractivity contribution < 1.29 is 9.52 Å². The van der Waals surface area contributed by atoms with Crippen LogP contribution in [0.1, 0.15) is 0 Å². The quantitative estimate of drug-likeness (QED) is 0.483. The minimum Gasteiger partial charge on any atom is -0.507 e. The van der Waals surface area contributed by atoms with E-state index in [9.17, 15) is 5.11 Å². The van der Waals surface area contributed by atoms with Gasteiger partial charge in [0, 0.05) is 16.2 Å². The summed E-state index contributed by atoms with van der Waals surface area (Å²) < 4.78 is 6.57. The number of rotatable bonds is 0. The van der Waals surface area contributed by atoms with Crippen molar-refractivity contribution in [1.29, 1.82) is 0 Å². The number of fused-ring (bicyclic) bond motifs is 5. The Kier molecular flexibility index (Phi) is 2.15. The summed E-state index contributed by atoms with van der Waals surface area (Å²) >= 11 is 3.44. The summed E-state index contributed by atoms with van der Waals surface area (Å²) in [5.74, 6) is 0.250. The van der Waals surface area contributed by atoms with Crippen LogP contribution in [-0.4, -0.2) is 5.11 Å². The zero-order chi connectivity index (χ0) is 13.0. The SMILES string of the molecule is Oc1ccc2c(ccc3oc4ccccc4c32)c1Br. The molecule has 92 valence electrons. The molecule has 0 unspecified atom stereocenters. The van der Waals surface area contributed by atoms with Crippen LogP contribution in [0.25, 0.3) is 32.7 Å². The van der Waals surface area contributed by atoms with Gasteiger partial charge in [-0.05, 0) is 51.6 Å². The predicted molar refractivity (Wildman–Crippen MR) is 80.6 cm³/mol. The van der Waals surface area contributed by atoms with E-state index < -0.39 is 0 Å². The van der Waals surface area contributed by atoms with Crippen molar-refractivity contribution in [1.82, 2.24) is 0 Å². The van der Waals surface area contributed by atoms with Gasteiger partial charge in [-0.1, -0.05) is 18.2 Å². The Morgan fingerprint density at radius 3 is 2.47 bits per heavy atom. The lowest BCUT2D eigenvalue weighted by Crippen LogP contribution is -1.77. The molecule has 0 bridgehead atoms. The van der Waals surface area contributed by atoms with Gasteiger partial charge in [-0.3, -0.25) is 0 Å². The molecule has 0 atom stereocenters. The van der Waals surface area contributed by atoms with Crippen LogP contribution in [-0.2, 0) is 0 Å². The molecule has 4 aromatic rings. The summed E-state index contributed by atoms with van der Waals surface area (Å²) in [6, 6.07) is 15.5. The van der Waals surface area contributed by atoms with Gasteiger partial charge >= 0.3 is 0 Å². The van der Waals surface area contributed by atoms with Gasteiger partial charge in [0.15, 0.2) is 0 Å². The number of phenolic OH excluding ortho intramolecular Hbond substituents is 1. The van der Waals surface area contributed by atoms with Crippen molar-refractivity contribution in [3.05, 3.63) is 53.0 Å². The second-order valence-electron chi connectivity index (χ2n) is 4.53. The van der Waals surface area contributed by atoms with Gasteiger partial charge in [0.25, 0.3) is 0 Å². The van der Waals surface area contributed by atoms with Crippen LogP contribution in [0.15, 0.2) is 57.4 Å². The van der Waals surface area contributed by atoms with E-state index in [1.807, 2.05) is 36.4 Å². The van der Waals surface area contributed by atoms with Crippen molar-refractivity contribution in [2.45, 2.75) is 0 Å². The van der Waals surface area contributed by atoms with E-state index in [-0.39, 0.29) is 5.75 Å². The van der Waals surface area contributed by atoms with Gasteiger partial charge in [0.1, 0.15) is 16.9 Å². The van der Waals surface area contributed by atoms with Crippen molar-refractivity contribution in [2.75, 3.05) is 0 Å². The van der Waals surface area contributed by atoms with Gasteiger partial charge in [0.2, 0.25) is 0 Å². The summed E-state index contributed by atoms with van der Waals surface area (Å²) in [6.07, 6.45) is 0. The molecule has 0 saturated heterocycles. The number of benzene rings is 3. The summed E-state index contributed by atoms with van der Waals surface area (Å²) in [4.78, 5) is 0. The molecule has 0 aliphatic carbocycles. The average Bonchev–Trinajstić information content (AvgIpc) is 2.81. The van der Waals surface area contributed by atoms with Crippen molar-refractivity contribution in [3.63, 3.8) is 0 Å². The molecule has 0 saturated carbocycles. The topological polar surface area (TPSA) is 33.4 Å². The first-order valence-corrected chi connectivity index (χ1v) is 6.76. The van der Waals surface area contributed by atoms with E-state index in [0.717, 1.165) is 37.2 Å². The molecule has 1 heterocycles. The predicted octanol–water partition coefficient (Wildman–Crippen LogP) is 5.21. The molecular formula is C16H9BrO2. The number of hydrogen-bond acceptors (Lipinski definition) is 2. The maximum absolute atomic E-state index is 9.78. The summed E-state index contributed by atoms with van der Waals surface area (Å²) in [7, 11) is 0. The molecule has 0 fully saturated rings. The van der Waals surface area contributed by atoms with Gasteiger partial charge in [-0.2, -0.15) is 0 Å². The highest BCUT2D eigenvalue weighted by atomic mass is 79.9. The molecule has 4 rings (SSSR count). The second kappa shape index (κ2) is 3.75. The van der Waals surface area contributed by atoms with Crippen molar-refractivity contribution >= 4 is 48.6 Å². The second-order valence-corrected chi connectivity index (χ2v) is 5.32. The van der Waals surface area contributed by atoms with Crippen LogP contribution in [0, 0.1) is 0 Å². The minimum atomic E-state index is 0.250. The van der Waals surface area contributed by atoms with E-state index in [2.05, 4.69) is 22.0 Å². The van der Waals surface area contributed by atoms with Crippen LogP contribution in [0.4, 0.5) is 0 Å². The molecule has 0 aliphatic rings. The highest BCUT2D eigenvalue weighted by Gasteiger charge is 2.12. The molecule has 19 heavy (non-hydrogen) atoms. The number of furan rings is 1. The largest absolute Gasteiger partial charge is 0.507 e. The van der Waals surface area contributed by atoms with E-state index >= 15 is 0 Å². The maximum Gasteiger partial charge on any atom is 0.136 e. The fourth-order valence-corrected chi connectivity index (χ4v) is 3.06. The smallest absolute Gasteiger partial charge is 0.136 e. The molecule has 0 amide bonds. The lowest BCUT2D eigenvalue weighted by Gasteiger charge is -2.04. The molecule has 3 aromatic carbocycles. The van der Waals surface area contributed by atoms with Crippen LogP contribution >= 0.6 is 15.9 Å². The highest BCUT2D eigenvalue weighted by molar-refractivity contribution is 9.10. The first kappa shape index (κ1) is 10.9. The first-order chi connectivity index (χ1) is 9.25. The molecule has 1 aromatic heterocycles. The molecule has 1 N–H and O–H groups in total. The van der Waals surface area contributed by atoms with Gasteiger partial charge in [0.05, 0.1) is 4.47 Å². The van der Waals surface area contributed by atoms with E-state index in [0.29, 0.717) is 0 Å².